The number of hydrogen-bond acceptors (Lipinski definition) is 3. The number of benzene rings is 1. The zero-order valence-electron chi connectivity index (χ0n) is 13.8. The molecule has 5 nitrogen and oxygen atoms in total. The molecule has 1 aromatic carbocycles. The minimum absolute atomic E-state index is 0.00817. The van der Waals surface area contributed by atoms with E-state index in [9.17, 15) is 4.79 Å². The molecule has 1 amide bonds. The zero-order valence-corrected chi connectivity index (χ0v) is 13.8. The number of piperidine rings is 2. The summed E-state index contributed by atoms with van der Waals surface area (Å²) >= 11 is 0. The third-order valence-electron chi connectivity index (χ3n) is 5.63. The molecule has 2 fully saturated rings. The first-order chi connectivity index (χ1) is 11.1. The van der Waals surface area contributed by atoms with Gasteiger partial charge in [0.1, 0.15) is 5.69 Å². The van der Waals surface area contributed by atoms with Gasteiger partial charge in [-0.2, -0.15) is 5.10 Å². The summed E-state index contributed by atoms with van der Waals surface area (Å²) < 4.78 is 1.70. The van der Waals surface area contributed by atoms with E-state index >= 15 is 0 Å². The highest BCUT2D eigenvalue weighted by molar-refractivity contribution is 6.05. The molecule has 0 saturated carbocycles. The summed E-state index contributed by atoms with van der Waals surface area (Å²) in [5.41, 5.74) is 1.55. The lowest BCUT2D eigenvalue weighted by molar-refractivity contribution is 0.0461. The highest BCUT2D eigenvalue weighted by atomic mass is 16.2. The summed E-state index contributed by atoms with van der Waals surface area (Å²) in [6.07, 6.45) is 5.97. The maximum absolute atomic E-state index is 12.8. The van der Waals surface area contributed by atoms with Gasteiger partial charge in [-0.1, -0.05) is 24.6 Å². The van der Waals surface area contributed by atoms with Crippen LogP contribution in [0.25, 0.3) is 10.9 Å². The standard InChI is InChI=1S/C18H24N4O/c1-21-13-6-5-7-14(21)11-12(10-13)19-18(23)17-15-8-3-4-9-16(15)20-22(17)2/h3-4,8-9,12-14H,5-7,10-11H2,1-2H3,(H,19,23)/t13-,14-/m1/s1. The highest BCUT2D eigenvalue weighted by Crippen LogP contribution is 2.32. The molecule has 1 N–H and O–H groups in total. The third kappa shape index (κ3) is 2.53. The Hall–Kier alpha value is -1.88. The van der Waals surface area contributed by atoms with Crippen molar-refractivity contribution in [3.8, 4) is 0 Å². The molecule has 2 atom stereocenters. The summed E-state index contributed by atoms with van der Waals surface area (Å²) in [4.78, 5) is 15.3. The fraction of sp³-hybridized carbons (Fsp3) is 0.556. The Morgan fingerprint density at radius 2 is 1.87 bits per heavy atom. The van der Waals surface area contributed by atoms with Crippen molar-refractivity contribution < 1.29 is 4.79 Å². The Morgan fingerprint density at radius 3 is 2.61 bits per heavy atom. The second kappa shape index (κ2) is 5.64. The second-order valence-electron chi connectivity index (χ2n) is 7.04. The average Bonchev–Trinajstić information content (AvgIpc) is 2.84. The van der Waals surface area contributed by atoms with Gasteiger partial charge in [0.25, 0.3) is 5.91 Å². The van der Waals surface area contributed by atoms with Crippen LogP contribution >= 0.6 is 0 Å². The van der Waals surface area contributed by atoms with Gasteiger partial charge in [0.05, 0.1) is 5.52 Å². The molecule has 2 aliphatic rings. The first-order valence-corrected chi connectivity index (χ1v) is 8.58. The van der Waals surface area contributed by atoms with Gasteiger partial charge >= 0.3 is 0 Å². The lowest BCUT2D eigenvalue weighted by Crippen LogP contribution is -2.55. The third-order valence-corrected chi connectivity index (χ3v) is 5.63. The number of hydrogen-bond donors (Lipinski definition) is 1. The number of carbonyl (C=O) groups excluding carboxylic acids is 1. The quantitative estimate of drug-likeness (QED) is 0.926. The maximum Gasteiger partial charge on any atom is 0.270 e. The number of amides is 1. The molecule has 2 bridgehead atoms. The van der Waals surface area contributed by atoms with Crippen LogP contribution in [0.3, 0.4) is 0 Å². The monoisotopic (exact) mass is 312 g/mol. The fourth-order valence-electron chi connectivity index (χ4n) is 4.40. The van der Waals surface area contributed by atoms with Gasteiger partial charge in [-0.15, -0.1) is 0 Å². The lowest BCUT2D eigenvalue weighted by Gasteiger charge is -2.47. The zero-order chi connectivity index (χ0) is 16.0. The molecule has 0 spiro atoms. The van der Waals surface area contributed by atoms with Gasteiger partial charge < -0.3 is 10.2 Å². The van der Waals surface area contributed by atoms with E-state index in [1.807, 2.05) is 31.3 Å². The summed E-state index contributed by atoms with van der Waals surface area (Å²) in [5, 5.41) is 8.65. The van der Waals surface area contributed by atoms with Crippen LogP contribution in [0.2, 0.25) is 0 Å². The Bertz CT molecular complexity index is 724. The average molecular weight is 312 g/mol. The molecule has 1 aromatic heterocycles. The molecular weight excluding hydrogens is 288 g/mol. The smallest absolute Gasteiger partial charge is 0.270 e. The fourth-order valence-corrected chi connectivity index (χ4v) is 4.40. The second-order valence-corrected chi connectivity index (χ2v) is 7.04. The van der Waals surface area contributed by atoms with E-state index in [1.54, 1.807) is 4.68 Å². The summed E-state index contributed by atoms with van der Waals surface area (Å²) in [7, 11) is 4.08. The van der Waals surface area contributed by atoms with Crippen LogP contribution in [-0.2, 0) is 7.05 Å². The SMILES string of the molecule is CN1[C@@H]2CCC[C@@H]1CC(NC(=O)c1c3ccccc3nn1C)C2. The number of rotatable bonds is 2. The lowest BCUT2D eigenvalue weighted by atomic mass is 9.82. The largest absolute Gasteiger partial charge is 0.348 e. The molecule has 122 valence electrons. The summed E-state index contributed by atoms with van der Waals surface area (Å²) in [6, 6.07) is 9.36. The van der Waals surface area contributed by atoms with Gasteiger partial charge in [0.15, 0.2) is 0 Å². The molecule has 0 unspecified atom stereocenters. The molecule has 2 saturated heterocycles. The highest BCUT2D eigenvalue weighted by Gasteiger charge is 2.36. The van der Waals surface area contributed by atoms with E-state index in [0.29, 0.717) is 17.8 Å². The predicted octanol–water partition coefficient (Wildman–Crippen LogP) is 2.32. The molecule has 2 aliphatic heterocycles. The molecular formula is C18H24N4O. The van der Waals surface area contributed by atoms with E-state index < -0.39 is 0 Å². The van der Waals surface area contributed by atoms with Gasteiger partial charge in [0.2, 0.25) is 0 Å². The van der Waals surface area contributed by atoms with Crippen molar-refractivity contribution in [2.24, 2.45) is 7.05 Å². The van der Waals surface area contributed by atoms with Crippen molar-refractivity contribution in [3.05, 3.63) is 30.0 Å². The first kappa shape index (κ1) is 14.7. The number of nitrogens with zero attached hydrogens (tertiary/aromatic N) is 3. The Labute approximate surface area is 136 Å². The van der Waals surface area contributed by atoms with Crippen molar-refractivity contribution >= 4 is 16.8 Å². The normalized spacial score (nSPS) is 28.0. The number of fused-ring (bicyclic) bond motifs is 3. The van der Waals surface area contributed by atoms with Crippen molar-refractivity contribution in [1.29, 1.82) is 0 Å². The minimum atomic E-state index is 0.00817. The number of carbonyl (C=O) groups is 1. The van der Waals surface area contributed by atoms with Gasteiger partial charge in [-0.25, -0.2) is 0 Å². The Morgan fingerprint density at radius 1 is 1.17 bits per heavy atom. The predicted molar refractivity (Wildman–Crippen MR) is 90.4 cm³/mol. The molecule has 3 heterocycles. The van der Waals surface area contributed by atoms with Gasteiger partial charge in [-0.05, 0) is 38.8 Å². The van der Waals surface area contributed by atoms with Crippen LogP contribution in [0.4, 0.5) is 0 Å². The van der Waals surface area contributed by atoms with Crippen LogP contribution in [0, 0.1) is 0 Å². The van der Waals surface area contributed by atoms with E-state index in [2.05, 4.69) is 22.4 Å². The van der Waals surface area contributed by atoms with E-state index in [0.717, 1.165) is 23.7 Å². The molecule has 2 aromatic rings. The van der Waals surface area contributed by atoms with Crippen LogP contribution in [0.5, 0.6) is 0 Å². The van der Waals surface area contributed by atoms with E-state index in [1.165, 1.54) is 19.3 Å². The summed E-state index contributed by atoms with van der Waals surface area (Å²) in [5.74, 6) is 0.00817. The maximum atomic E-state index is 12.8. The molecule has 0 radical (unpaired) electrons. The van der Waals surface area contributed by atoms with Gasteiger partial charge in [0, 0.05) is 30.6 Å². The number of nitrogens with one attached hydrogen (secondary N) is 1. The van der Waals surface area contributed by atoms with Crippen LogP contribution in [-0.4, -0.2) is 45.8 Å². The van der Waals surface area contributed by atoms with E-state index in [-0.39, 0.29) is 11.9 Å². The van der Waals surface area contributed by atoms with Crippen LogP contribution in [0.1, 0.15) is 42.6 Å². The molecule has 4 rings (SSSR count). The van der Waals surface area contributed by atoms with Crippen LogP contribution in [0.15, 0.2) is 24.3 Å². The van der Waals surface area contributed by atoms with Crippen molar-refractivity contribution in [2.75, 3.05) is 7.05 Å². The number of aromatic nitrogens is 2. The Kier molecular flexibility index (Phi) is 3.60. The van der Waals surface area contributed by atoms with Crippen molar-refractivity contribution in [2.45, 2.75) is 50.2 Å². The topological polar surface area (TPSA) is 50.2 Å². The minimum Gasteiger partial charge on any atom is -0.348 e. The van der Waals surface area contributed by atoms with Crippen molar-refractivity contribution in [3.63, 3.8) is 0 Å². The van der Waals surface area contributed by atoms with Gasteiger partial charge in [-0.3, -0.25) is 9.48 Å². The first-order valence-electron chi connectivity index (χ1n) is 8.58. The molecule has 23 heavy (non-hydrogen) atoms. The summed E-state index contributed by atoms with van der Waals surface area (Å²) in [6.45, 7) is 0. The molecule has 0 aliphatic carbocycles. The van der Waals surface area contributed by atoms with Crippen molar-refractivity contribution in [1.82, 2.24) is 20.0 Å². The van der Waals surface area contributed by atoms with Crippen LogP contribution < -0.4 is 5.32 Å². The van der Waals surface area contributed by atoms with E-state index in [4.69, 9.17) is 0 Å². The molecule has 5 heteroatoms. The Balaban J connectivity index is 1.55. The number of aryl methyl sites for hydroxylation is 1.